The van der Waals surface area contributed by atoms with Gasteiger partial charge < -0.3 is 13.6 Å². The van der Waals surface area contributed by atoms with Crippen LogP contribution >= 0.6 is 0 Å². The normalized spacial score (nSPS) is 18.8. The number of ether oxygens (including phenoxy) is 1. The van der Waals surface area contributed by atoms with Crippen molar-refractivity contribution in [2.24, 2.45) is 11.8 Å². The van der Waals surface area contributed by atoms with Crippen molar-refractivity contribution < 1.29 is 23.2 Å². The third-order valence-electron chi connectivity index (χ3n) is 12.7. The number of allylic oxidation sites excluding steroid dienone is 3. The Bertz CT molecular complexity index is 1940. The summed E-state index contributed by atoms with van der Waals surface area (Å²) in [5, 5.41) is 4.47. The van der Waals surface area contributed by atoms with Crippen molar-refractivity contribution in [3.05, 3.63) is 146 Å². The molecule has 4 aromatic carbocycles. The molecule has 326 valence electrons. The van der Waals surface area contributed by atoms with Gasteiger partial charge in [0, 0.05) is 24.7 Å². The van der Waals surface area contributed by atoms with Crippen LogP contribution in [0.25, 0.3) is 0 Å². The Kier molecular flexibility index (Phi) is 16.7. The number of hydrogen-bond acceptors (Lipinski definition) is 5. The van der Waals surface area contributed by atoms with Crippen molar-refractivity contribution >= 4 is 49.1 Å². The highest BCUT2D eigenvalue weighted by Crippen LogP contribution is 2.45. The van der Waals surface area contributed by atoms with Crippen LogP contribution in [0.2, 0.25) is 10.1 Å². The number of ketones is 1. The molecule has 0 heterocycles. The first-order valence-corrected chi connectivity index (χ1v) is 26.5. The second-order valence-corrected chi connectivity index (χ2v) is 27.7. The van der Waals surface area contributed by atoms with E-state index in [4.69, 9.17) is 13.6 Å². The van der Waals surface area contributed by atoms with Crippen molar-refractivity contribution in [1.82, 2.24) is 0 Å². The van der Waals surface area contributed by atoms with E-state index in [2.05, 4.69) is 201 Å². The van der Waals surface area contributed by atoms with Crippen LogP contribution in [-0.4, -0.2) is 47.2 Å². The standard InChI is InChI=1S/C54H72O5Si2/c1-10-11-28-40-54(8,59-61(53(5,6)7,45-33-22-16-23-34-45)46-35-24-17-25-36-46)41-39-47-48(37-26-12-13-27-38-51(56)57-9)50(42-49(47)55)58-60(52(2,3)4,43-29-18-14-19-30-43)44-31-20-15-21-32-44/h12,14-26,29-36,39,41,47-48,50H,10-11,13,27-28,37-38,40,42H2,1-9H3/b26-12+,41-39+/t47-,48-,50+,54?/m1/s1. The topological polar surface area (TPSA) is 61.8 Å². The smallest absolute Gasteiger partial charge is 0.305 e. The first-order chi connectivity index (χ1) is 29.1. The molecule has 0 spiro atoms. The lowest BCUT2D eigenvalue weighted by atomic mass is 9.88. The number of methoxy groups -OCH3 is 1. The maximum atomic E-state index is 14.7. The van der Waals surface area contributed by atoms with E-state index >= 15 is 0 Å². The average molecular weight is 857 g/mol. The molecule has 1 fully saturated rings. The fourth-order valence-electron chi connectivity index (χ4n) is 9.59. The van der Waals surface area contributed by atoms with Crippen LogP contribution in [0.15, 0.2) is 146 Å². The van der Waals surface area contributed by atoms with Gasteiger partial charge in [0.2, 0.25) is 0 Å². The van der Waals surface area contributed by atoms with E-state index in [-0.39, 0.29) is 39.8 Å². The molecule has 5 nitrogen and oxygen atoms in total. The molecule has 1 saturated carbocycles. The molecule has 0 saturated heterocycles. The van der Waals surface area contributed by atoms with Crippen LogP contribution in [0, 0.1) is 11.8 Å². The van der Waals surface area contributed by atoms with Crippen molar-refractivity contribution in [2.75, 3.05) is 7.11 Å². The van der Waals surface area contributed by atoms with Gasteiger partial charge in [0.05, 0.1) is 18.8 Å². The Morgan fingerprint density at radius 3 is 1.59 bits per heavy atom. The molecule has 1 aliphatic rings. The van der Waals surface area contributed by atoms with Crippen LogP contribution in [0.4, 0.5) is 0 Å². The van der Waals surface area contributed by atoms with Gasteiger partial charge in [0.1, 0.15) is 5.78 Å². The van der Waals surface area contributed by atoms with E-state index < -0.39 is 22.2 Å². The molecule has 1 unspecified atom stereocenters. The Morgan fingerprint density at radius 2 is 1.15 bits per heavy atom. The number of hydrogen-bond donors (Lipinski definition) is 0. The summed E-state index contributed by atoms with van der Waals surface area (Å²) in [5.41, 5.74) is -0.647. The van der Waals surface area contributed by atoms with E-state index in [0.717, 1.165) is 32.1 Å². The molecule has 5 rings (SSSR count). The molecule has 0 aliphatic heterocycles. The summed E-state index contributed by atoms with van der Waals surface area (Å²) in [7, 11) is -4.48. The summed E-state index contributed by atoms with van der Waals surface area (Å²) in [6, 6.07) is 43.2. The van der Waals surface area contributed by atoms with Gasteiger partial charge in [-0.15, -0.1) is 0 Å². The fourth-order valence-corrected chi connectivity index (χ4v) is 19.1. The van der Waals surface area contributed by atoms with Gasteiger partial charge >= 0.3 is 5.97 Å². The van der Waals surface area contributed by atoms with Gasteiger partial charge in [-0.25, -0.2) is 0 Å². The van der Waals surface area contributed by atoms with Gasteiger partial charge in [-0.1, -0.05) is 213 Å². The summed E-state index contributed by atoms with van der Waals surface area (Å²) >= 11 is 0. The summed E-state index contributed by atoms with van der Waals surface area (Å²) < 4.78 is 20.6. The summed E-state index contributed by atoms with van der Waals surface area (Å²) in [4.78, 5) is 26.5. The molecule has 7 heteroatoms. The second kappa shape index (κ2) is 21.3. The van der Waals surface area contributed by atoms with Crippen molar-refractivity contribution in [2.45, 2.75) is 135 Å². The minimum absolute atomic E-state index is 0.0880. The number of esters is 1. The van der Waals surface area contributed by atoms with E-state index in [9.17, 15) is 9.59 Å². The van der Waals surface area contributed by atoms with Crippen molar-refractivity contribution in [3.8, 4) is 0 Å². The van der Waals surface area contributed by atoms with Gasteiger partial charge in [-0.05, 0) is 63.4 Å². The molecule has 0 aromatic heterocycles. The third kappa shape index (κ3) is 11.3. The maximum absolute atomic E-state index is 14.7. The average Bonchev–Trinajstić information content (AvgIpc) is 3.55. The molecule has 0 radical (unpaired) electrons. The van der Waals surface area contributed by atoms with Gasteiger partial charge in [0.15, 0.2) is 0 Å². The molecule has 0 bridgehead atoms. The van der Waals surface area contributed by atoms with Crippen LogP contribution in [0.5, 0.6) is 0 Å². The van der Waals surface area contributed by atoms with Crippen LogP contribution < -0.4 is 20.7 Å². The second-order valence-electron chi connectivity index (χ2n) is 19.2. The third-order valence-corrected chi connectivity index (χ3v) is 23.0. The maximum Gasteiger partial charge on any atom is 0.305 e. The zero-order valence-corrected chi connectivity index (χ0v) is 40.5. The van der Waals surface area contributed by atoms with Crippen LogP contribution in [0.3, 0.4) is 0 Å². The Hall–Kier alpha value is -4.15. The minimum Gasteiger partial charge on any atom is -0.469 e. The molecule has 61 heavy (non-hydrogen) atoms. The summed E-state index contributed by atoms with van der Waals surface area (Å²) in [6.45, 7) is 18.4. The molecule has 0 amide bonds. The molecule has 0 N–H and O–H groups in total. The molecular formula is C54H72O5Si2. The van der Waals surface area contributed by atoms with E-state index in [1.165, 1.54) is 27.9 Å². The highest BCUT2D eigenvalue weighted by molar-refractivity contribution is 7.00. The van der Waals surface area contributed by atoms with Gasteiger partial charge in [-0.2, -0.15) is 0 Å². The number of unbranched alkanes of at least 4 members (excludes halogenated alkanes) is 3. The highest BCUT2D eigenvalue weighted by atomic mass is 28.4. The quantitative estimate of drug-likeness (QED) is 0.0383. The predicted molar refractivity (Wildman–Crippen MR) is 259 cm³/mol. The first-order valence-electron chi connectivity index (χ1n) is 22.7. The van der Waals surface area contributed by atoms with Crippen LogP contribution in [-0.2, 0) is 23.2 Å². The molecule has 4 atom stereocenters. The lowest BCUT2D eigenvalue weighted by molar-refractivity contribution is -0.140. The minimum atomic E-state index is -2.97. The number of carbonyl (C=O) groups is 2. The first kappa shape index (κ1) is 47.9. The number of carbonyl (C=O) groups excluding carboxylic acids is 2. The van der Waals surface area contributed by atoms with Gasteiger partial charge in [0.25, 0.3) is 16.6 Å². The summed E-state index contributed by atoms with van der Waals surface area (Å²) in [6.07, 6.45) is 15.5. The van der Waals surface area contributed by atoms with E-state index in [1.54, 1.807) is 0 Å². The monoisotopic (exact) mass is 856 g/mol. The predicted octanol–water partition coefficient (Wildman–Crippen LogP) is 10.9. The fraction of sp³-hybridized carbons (Fsp3) is 0.444. The van der Waals surface area contributed by atoms with Crippen molar-refractivity contribution in [3.63, 3.8) is 0 Å². The number of benzene rings is 4. The number of rotatable bonds is 20. The van der Waals surface area contributed by atoms with E-state index in [0.29, 0.717) is 25.7 Å². The molecule has 4 aromatic rings. The Morgan fingerprint density at radius 1 is 0.672 bits per heavy atom. The highest BCUT2D eigenvalue weighted by Gasteiger charge is 2.56. The zero-order chi connectivity index (χ0) is 44.2. The molecule has 1 aliphatic carbocycles. The summed E-state index contributed by atoms with van der Waals surface area (Å²) in [5.74, 6) is -0.420. The molecular weight excluding hydrogens is 785 g/mol. The lowest BCUT2D eigenvalue weighted by Crippen LogP contribution is -2.69. The SMILES string of the molecule is CCCCCC(C)(/C=C/[C@H]1C(=O)C[C@H](O[Si](c2ccccc2)(c2ccccc2)C(C)(C)C)[C@@H]1C/C=C/CCCC(=O)OC)O[Si](c1ccccc1)(c1ccccc1)C(C)(C)C. The lowest BCUT2D eigenvalue weighted by Gasteiger charge is -2.48. The zero-order valence-electron chi connectivity index (χ0n) is 38.5. The van der Waals surface area contributed by atoms with Gasteiger partial charge in [-0.3, -0.25) is 9.59 Å². The van der Waals surface area contributed by atoms with Crippen LogP contribution in [0.1, 0.15) is 113 Å². The Labute approximate surface area is 370 Å². The Balaban J connectivity index is 1.61. The van der Waals surface area contributed by atoms with E-state index in [1.807, 2.05) is 0 Å². The largest absolute Gasteiger partial charge is 0.469 e. The number of Topliss-reactive ketones (excluding diaryl/α,β-unsaturated/α-hetero) is 1. The van der Waals surface area contributed by atoms with Crippen molar-refractivity contribution in [1.29, 1.82) is 0 Å².